The van der Waals surface area contributed by atoms with Crippen LogP contribution < -0.4 is 5.32 Å². The van der Waals surface area contributed by atoms with Crippen LogP contribution >= 0.6 is 23.2 Å². The van der Waals surface area contributed by atoms with E-state index in [1.807, 2.05) is 0 Å². The van der Waals surface area contributed by atoms with Crippen molar-refractivity contribution in [2.75, 3.05) is 6.61 Å². The summed E-state index contributed by atoms with van der Waals surface area (Å²) in [7, 11) is 0. The molecule has 3 unspecified atom stereocenters. The summed E-state index contributed by atoms with van der Waals surface area (Å²) in [5, 5.41) is 13.9. The minimum absolute atomic E-state index is 0.261. The van der Waals surface area contributed by atoms with Gasteiger partial charge in [0.2, 0.25) is 0 Å². The van der Waals surface area contributed by atoms with Crippen molar-refractivity contribution in [3.63, 3.8) is 0 Å². The standard InChI is InChI=1S/C7H8Cl2N4O/c8-5-3-14-6(7(9)11-5)4-1-2-10-13-12-4/h1-2,5-7,11H,3H2. The molecular weight excluding hydrogens is 227 g/mol. The van der Waals surface area contributed by atoms with Crippen LogP contribution in [0.1, 0.15) is 11.8 Å². The van der Waals surface area contributed by atoms with E-state index in [2.05, 4.69) is 20.7 Å². The van der Waals surface area contributed by atoms with Gasteiger partial charge in [0.15, 0.2) is 0 Å². The van der Waals surface area contributed by atoms with E-state index in [4.69, 9.17) is 27.9 Å². The van der Waals surface area contributed by atoms with Gasteiger partial charge in [-0.25, -0.2) is 0 Å². The second kappa shape index (κ2) is 4.35. The van der Waals surface area contributed by atoms with Gasteiger partial charge in [0.25, 0.3) is 0 Å². The zero-order valence-corrected chi connectivity index (χ0v) is 8.61. The number of aromatic nitrogens is 3. The van der Waals surface area contributed by atoms with Gasteiger partial charge < -0.3 is 4.74 Å². The summed E-state index contributed by atoms with van der Waals surface area (Å²) >= 11 is 11.8. The highest BCUT2D eigenvalue weighted by molar-refractivity contribution is 6.23. The number of nitrogens with zero attached hydrogens (tertiary/aromatic N) is 3. The fourth-order valence-corrected chi connectivity index (χ4v) is 1.85. The van der Waals surface area contributed by atoms with Crippen LogP contribution in [0.3, 0.4) is 0 Å². The van der Waals surface area contributed by atoms with Crippen molar-refractivity contribution < 1.29 is 4.74 Å². The second-order valence-corrected chi connectivity index (χ2v) is 3.83. The lowest BCUT2D eigenvalue weighted by molar-refractivity contribution is 0.00455. The summed E-state index contributed by atoms with van der Waals surface area (Å²) in [4.78, 5) is 0. The molecule has 0 aliphatic carbocycles. The van der Waals surface area contributed by atoms with Crippen LogP contribution in [-0.4, -0.2) is 33.0 Å². The molecule has 1 aliphatic heterocycles. The zero-order chi connectivity index (χ0) is 9.97. The Balaban J connectivity index is 2.12. The molecule has 1 aromatic heterocycles. The molecule has 1 aliphatic rings. The third-order valence-corrected chi connectivity index (χ3v) is 2.45. The topological polar surface area (TPSA) is 59.9 Å². The Kier molecular flexibility index (Phi) is 3.12. The van der Waals surface area contributed by atoms with Gasteiger partial charge in [0.05, 0.1) is 18.5 Å². The number of hydrogen-bond acceptors (Lipinski definition) is 5. The zero-order valence-electron chi connectivity index (χ0n) is 7.10. The number of alkyl halides is 2. The highest BCUT2D eigenvalue weighted by atomic mass is 35.5. The Morgan fingerprint density at radius 1 is 1.50 bits per heavy atom. The molecule has 3 atom stereocenters. The van der Waals surface area contributed by atoms with Gasteiger partial charge in [-0.05, 0) is 11.3 Å². The van der Waals surface area contributed by atoms with E-state index in [-0.39, 0.29) is 11.6 Å². The number of halogens is 2. The fraction of sp³-hybridized carbons (Fsp3) is 0.571. The van der Waals surface area contributed by atoms with Gasteiger partial charge in [-0.15, -0.1) is 33.4 Å². The molecule has 0 aromatic carbocycles. The first kappa shape index (κ1) is 10.0. The van der Waals surface area contributed by atoms with Gasteiger partial charge in [-0.1, -0.05) is 0 Å². The van der Waals surface area contributed by atoms with Crippen LogP contribution in [0, 0.1) is 0 Å². The van der Waals surface area contributed by atoms with E-state index in [1.54, 1.807) is 12.3 Å². The van der Waals surface area contributed by atoms with Crippen LogP contribution in [0.15, 0.2) is 12.3 Å². The summed E-state index contributed by atoms with van der Waals surface area (Å²) in [6.07, 6.45) is 1.21. The van der Waals surface area contributed by atoms with Crippen LogP contribution in [-0.2, 0) is 4.74 Å². The third-order valence-electron chi connectivity index (χ3n) is 1.84. The van der Waals surface area contributed by atoms with Crippen LogP contribution in [0.25, 0.3) is 0 Å². The number of nitrogens with one attached hydrogen (secondary N) is 1. The molecule has 1 N–H and O–H groups in total. The molecule has 0 spiro atoms. The van der Waals surface area contributed by atoms with Gasteiger partial charge in [0, 0.05) is 0 Å². The molecule has 2 heterocycles. The van der Waals surface area contributed by atoms with E-state index in [9.17, 15) is 0 Å². The lowest BCUT2D eigenvalue weighted by atomic mass is 10.2. The molecule has 2 rings (SSSR count). The largest absolute Gasteiger partial charge is 0.366 e. The lowest BCUT2D eigenvalue weighted by Crippen LogP contribution is -2.45. The SMILES string of the molecule is ClC1COC(c2ccnnn2)C(Cl)N1. The first-order valence-electron chi connectivity index (χ1n) is 4.07. The molecule has 14 heavy (non-hydrogen) atoms. The first-order valence-corrected chi connectivity index (χ1v) is 4.95. The predicted molar refractivity (Wildman–Crippen MR) is 50.9 cm³/mol. The first-order chi connectivity index (χ1) is 6.77. The maximum atomic E-state index is 6.00. The van der Waals surface area contributed by atoms with Crippen molar-refractivity contribution in [3.8, 4) is 0 Å². The maximum Gasteiger partial charge on any atom is 0.131 e. The van der Waals surface area contributed by atoms with Crippen LogP contribution in [0.4, 0.5) is 0 Å². The lowest BCUT2D eigenvalue weighted by Gasteiger charge is -2.30. The molecule has 0 amide bonds. The molecule has 1 aromatic rings. The quantitative estimate of drug-likeness (QED) is 0.572. The average molecular weight is 235 g/mol. The fourth-order valence-electron chi connectivity index (χ4n) is 1.22. The Morgan fingerprint density at radius 3 is 3.00 bits per heavy atom. The number of morpholine rings is 1. The smallest absolute Gasteiger partial charge is 0.131 e. The van der Waals surface area contributed by atoms with Crippen molar-refractivity contribution in [1.29, 1.82) is 0 Å². The van der Waals surface area contributed by atoms with Crippen LogP contribution in [0.5, 0.6) is 0 Å². The summed E-state index contributed by atoms with van der Waals surface area (Å²) in [6, 6.07) is 1.71. The molecule has 7 heteroatoms. The maximum absolute atomic E-state index is 6.00. The number of rotatable bonds is 1. The molecule has 5 nitrogen and oxygen atoms in total. The molecule has 0 bridgehead atoms. The predicted octanol–water partition coefficient (Wildman–Crippen LogP) is 0.662. The van der Waals surface area contributed by atoms with Crippen molar-refractivity contribution >= 4 is 23.2 Å². The van der Waals surface area contributed by atoms with E-state index in [1.165, 1.54) is 0 Å². The van der Waals surface area contributed by atoms with Gasteiger partial charge >= 0.3 is 0 Å². The molecule has 1 fully saturated rings. The number of hydrogen-bond donors (Lipinski definition) is 1. The Bertz CT molecular complexity index is 299. The average Bonchev–Trinajstić information content (AvgIpc) is 2.19. The molecule has 1 saturated heterocycles. The second-order valence-electron chi connectivity index (χ2n) is 2.84. The summed E-state index contributed by atoms with van der Waals surface area (Å²) in [5.41, 5.74) is -0.0115. The molecular formula is C7H8Cl2N4O. The summed E-state index contributed by atoms with van der Waals surface area (Å²) in [6.45, 7) is 0.388. The highest BCUT2D eigenvalue weighted by Gasteiger charge is 2.30. The minimum atomic E-state index is -0.400. The van der Waals surface area contributed by atoms with Gasteiger partial charge in [-0.3, -0.25) is 5.32 Å². The van der Waals surface area contributed by atoms with E-state index < -0.39 is 5.50 Å². The summed E-state index contributed by atoms with van der Waals surface area (Å²) in [5.74, 6) is 0. The van der Waals surface area contributed by atoms with Crippen molar-refractivity contribution in [3.05, 3.63) is 18.0 Å². The minimum Gasteiger partial charge on any atom is -0.366 e. The molecule has 76 valence electrons. The highest BCUT2D eigenvalue weighted by Crippen LogP contribution is 2.25. The Hall–Kier alpha value is -0.490. The Labute approximate surface area is 90.8 Å². The normalized spacial score (nSPS) is 32.9. The molecule has 0 saturated carbocycles. The van der Waals surface area contributed by atoms with Crippen molar-refractivity contribution in [2.45, 2.75) is 17.1 Å². The van der Waals surface area contributed by atoms with Crippen molar-refractivity contribution in [1.82, 2.24) is 20.7 Å². The monoisotopic (exact) mass is 234 g/mol. The molecule has 0 radical (unpaired) electrons. The number of ether oxygens (including phenoxy) is 1. The van der Waals surface area contributed by atoms with E-state index in [0.717, 1.165) is 0 Å². The van der Waals surface area contributed by atoms with Crippen molar-refractivity contribution in [2.24, 2.45) is 0 Å². The van der Waals surface area contributed by atoms with Crippen LogP contribution in [0.2, 0.25) is 0 Å². The van der Waals surface area contributed by atoms with E-state index >= 15 is 0 Å². The third kappa shape index (κ3) is 2.12. The Morgan fingerprint density at radius 2 is 2.36 bits per heavy atom. The van der Waals surface area contributed by atoms with Gasteiger partial charge in [-0.2, -0.15) is 0 Å². The summed E-state index contributed by atoms with van der Waals surface area (Å²) < 4.78 is 5.43. The van der Waals surface area contributed by atoms with Gasteiger partial charge in [0.1, 0.15) is 17.1 Å². The van der Waals surface area contributed by atoms with E-state index in [0.29, 0.717) is 12.3 Å².